The second-order valence-corrected chi connectivity index (χ2v) is 4.99. The monoisotopic (exact) mass is 289 g/mol. The lowest BCUT2D eigenvalue weighted by molar-refractivity contribution is -0.174. The standard InChI is InChI=1S/C15H22F3NO/c1-4-19-14(5-6-20-10-15(16,17)18)13-8-11(2)7-12(3)9-13/h7-9,14,19H,4-6,10H2,1-3H3. The maximum atomic E-state index is 12.0. The molecule has 1 aromatic rings. The molecule has 0 fully saturated rings. The molecular weight excluding hydrogens is 267 g/mol. The number of hydrogen-bond donors (Lipinski definition) is 1. The molecule has 0 heterocycles. The van der Waals surface area contributed by atoms with Crippen LogP contribution in [0.5, 0.6) is 0 Å². The first-order valence-electron chi connectivity index (χ1n) is 6.78. The first-order chi connectivity index (χ1) is 9.31. The fraction of sp³-hybridized carbons (Fsp3) is 0.600. The Hall–Kier alpha value is -1.07. The minimum absolute atomic E-state index is 0.0202. The predicted octanol–water partition coefficient (Wildman–Crippen LogP) is 3.92. The van der Waals surface area contributed by atoms with Crippen LogP contribution in [0, 0.1) is 13.8 Å². The SMILES string of the molecule is CCNC(CCOCC(F)(F)F)c1cc(C)cc(C)c1. The van der Waals surface area contributed by atoms with Gasteiger partial charge < -0.3 is 10.1 Å². The molecule has 0 amide bonds. The average molecular weight is 289 g/mol. The Morgan fingerprint density at radius 3 is 2.25 bits per heavy atom. The number of hydrogen-bond acceptors (Lipinski definition) is 2. The molecule has 1 aromatic carbocycles. The molecule has 0 aliphatic heterocycles. The number of ether oxygens (including phenoxy) is 1. The van der Waals surface area contributed by atoms with Crippen LogP contribution < -0.4 is 5.32 Å². The van der Waals surface area contributed by atoms with Gasteiger partial charge in [0.2, 0.25) is 0 Å². The maximum Gasteiger partial charge on any atom is 0.411 e. The van der Waals surface area contributed by atoms with Gasteiger partial charge in [0, 0.05) is 12.6 Å². The molecule has 1 rings (SSSR count). The second-order valence-electron chi connectivity index (χ2n) is 4.99. The zero-order chi connectivity index (χ0) is 15.2. The van der Waals surface area contributed by atoms with E-state index in [1.807, 2.05) is 20.8 Å². The third kappa shape index (κ3) is 6.39. The highest BCUT2D eigenvalue weighted by Gasteiger charge is 2.27. The molecular formula is C15H22F3NO. The lowest BCUT2D eigenvalue weighted by Gasteiger charge is -2.20. The third-order valence-electron chi connectivity index (χ3n) is 2.91. The number of halogens is 3. The summed E-state index contributed by atoms with van der Waals surface area (Å²) in [6, 6.07) is 6.22. The molecule has 20 heavy (non-hydrogen) atoms. The van der Waals surface area contributed by atoms with Gasteiger partial charge in [0.05, 0.1) is 0 Å². The van der Waals surface area contributed by atoms with Crippen LogP contribution in [0.1, 0.15) is 36.1 Å². The van der Waals surface area contributed by atoms with E-state index in [2.05, 4.69) is 23.5 Å². The van der Waals surface area contributed by atoms with Crippen molar-refractivity contribution in [3.05, 3.63) is 34.9 Å². The second kappa shape index (κ2) is 7.64. The fourth-order valence-electron chi connectivity index (χ4n) is 2.23. The summed E-state index contributed by atoms with van der Waals surface area (Å²) in [4.78, 5) is 0. The molecule has 114 valence electrons. The largest absolute Gasteiger partial charge is 0.411 e. The van der Waals surface area contributed by atoms with Crippen LogP contribution in [0.2, 0.25) is 0 Å². The van der Waals surface area contributed by atoms with Crippen LogP contribution in [-0.2, 0) is 4.74 Å². The predicted molar refractivity (Wildman–Crippen MR) is 73.8 cm³/mol. The normalized spacial score (nSPS) is 13.5. The smallest absolute Gasteiger partial charge is 0.372 e. The van der Waals surface area contributed by atoms with Crippen molar-refractivity contribution in [2.45, 2.75) is 39.4 Å². The van der Waals surface area contributed by atoms with Crippen molar-refractivity contribution in [1.82, 2.24) is 5.32 Å². The number of benzene rings is 1. The minimum Gasteiger partial charge on any atom is -0.372 e. The van der Waals surface area contributed by atoms with Gasteiger partial charge in [-0.25, -0.2) is 0 Å². The number of aryl methyl sites for hydroxylation is 2. The van der Waals surface area contributed by atoms with Gasteiger partial charge in [-0.3, -0.25) is 0 Å². The van der Waals surface area contributed by atoms with Gasteiger partial charge >= 0.3 is 6.18 Å². The van der Waals surface area contributed by atoms with Crippen molar-refractivity contribution in [3.63, 3.8) is 0 Å². The lowest BCUT2D eigenvalue weighted by atomic mass is 9.99. The van der Waals surface area contributed by atoms with Crippen LogP contribution in [0.15, 0.2) is 18.2 Å². The summed E-state index contributed by atoms with van der Waals surface area (Å²) >= 11 is 0. The van der Waals surface area contributed by atoms with E-state index in [0.717, 1.165) is 23.2 Å². The summed E-state index contributed by atoms with van der Waals surface area (Å²) in [5.74, 6) is 0. The van der Waals surface area contributed by atoms with Gasteiger partial charge in [0.25, 0.3) is 0 Å². The van der Waals surface area contributed by atoms with Crippen molar-refractivity contribution in [3.8, 4) is 0 Å². The van der Waals surface area contributed by atoms with Crippen LogP contribution >= 0.6 is 0 Å². The third-order valence-corrected chi connectivity index (χ3v) is 2.91. The minimum atomic E-state index is -4.26. The van der Waals surface area contributed by atoms with E-state index in [0.29, 0.717) is 6.42 Å². The molecule has 1 N–H and O–H groups in total. The zero-order valence-corrected chi connectivity index (χ0v) is 12.2. The van der Waals surface area contributed by atoms with Crippen molar-refractivity contribution in [1.29, 1.82) is 0 Å². The summed E-state index contributed by atoms with van der Waals surface area (Å²) in [5.41, 5.74) is 3.40. The van der Waals surface area contributed by atoms with Gasteiger partial charge in [-0.2, -0.15) is 13.2 Å². The molecule has 0 aromatic heterocycles. The Kier molecular flexibility index (Phi) is 6.49. The summed E-state index contributed by atoms with van der Waals surface area (Å²) in [5, 5.41) is 3.29. The Bertz CT molecular complexity index is 398. The Balaban J connectivity index is 2.60. The molecule has 0 saturated heterocycles. The fourth-order valence-corrected chi connectivity index (χ4v) is 2.23. The molecule has 1 unspecified atom stereocenters. The van der Waals surface area contributed by atoms with Gasteiger partial charge in [-0.15, -0.1) is 0 Å². The molecule has 2 nitrogen and oxygen atoms in total. The molecule has 0 aliphatic rings. The van der Waals surface area contributed by atoms with Crippen LogP contribution in [0.3, 0.4) is 0 Å². The molecule has 0 saturated carbocycles. The van der Waals surface area contributed by atoms with Crippen LogP contribution in [-0.4, -0.2) is 25.9 Å². The van der Waals surface area contributed by atoms with E-state index >= 15 is 0 Å². The Morgan fingerprint density at radius 2 is 1.75 bits per heavy atom. The first kappa shape index (κ1) is 17.0. The van der Waals surface area contributed by atoms with E-state index in [1.165, 1.54) is 0 Å². The van der Waals surface area contributed by atoms with Crippen molar-refractivity contribution in [2.24, 2.45) is 0 Å². The molecule has 5 heteroatoms. The highest BCUT2D eigenvalue weighted by Crippen LogP contribution is 2.21. The topological polar surface area (TPSA) is 21.3 Å². The molecule has 0 bridgehead atoms. The van der Waals surface area contributed by atoms with Gasteiger partial charge in [0.1, 0.15) is 6.61 Å². The average Bonchev–Trinajstić information content (AvgIpc) is 2.30. The Morgan fingerprint density at radius 1 is 1.15 bits per heavy atom. The quantitative estimate of drug-likeness (QED) is 0.768. The van der Waals surface area contributed by atoms with Crippen molar-refractivity contribution >= 4 is 0 Å². The van der Waals surface area contributed by atoms with Gasteiger partial charge in [-0.05, 0) is 32.4 Å². The highest BCUT2D eigenvalue weighted by atomic mass is 19.4. The summed E-state index contributed by atoms with van der Waals surface area (Å²) in [6.45, 7) is 5.67. The van der Waals surface area contributed by atoms with Crippen molar-refractivity contribution in [2.75, 3.05) is 19.8 Å². The Labute approximate surface area is 118 Å². The maximum absolute atomic E-state index is 12.0. The lowest BCUT2D eigenvalue weighted by Crippen LogP contribution is -2.24. The van der Waals surface area contributed by atoms with Crippen LogP contribution in [0.4, 0.5) is 13.2 Å². The number of nitrogens with one attached hydrogen (secondary N) is 1. The van der Waals surface area contributed by atoms with Crippen LogP contribution in [0.25, 0.3) is 0 Å². The van der Waals surface area contributed by atoms with E-state index < -0.39 is 12.8 Å². The zero-order valence-electron chi connectivity index (χ0n) is 12.2. The molecule has 0 aliphatic carbocycles. The number of alkyl halides is 3. The molecule has 0 radical (unpaired) electrons. The molecule has 0 spiro atoms. The van der Waals surface area contributed by atoms with Gasteiger partial charge in [0.15, 0.2) is 0 Å². The highest BCUT2D eigenvalue weighted by molar-refractivity contribution is 5.30. The van der Waals surface area contributed by atoms with E-state index in [-0.39, 0.29) is 12.6 Å². The van der Waals surface area contributed by atoms with E-state index in [4.69, 9.17) is 4.74 Å². The summed E-state index contributed by atoms with van der Waals surface area (Å²) < 4.78 is 40.7. The first-order valence-corrected chi connectivity index (χ1v) is 6.78. The van der Waals surface area contributed by atoms with Gasteiger partial charge in [-0.1, -0.05) is 36.2 Å². The van der Waals surface area contributed by atoms with E-state index in [1.54, 1.807) is 0 Å². The summed E-state index contributed by atoms with van der Waals surface area (Å²) in [7, 11) is 0. The van der Waals surface area contributed by atoms with Crippen molar-refractivity contribution < 1.29 is 17.9 Å². The van der Waals surface area contributed by atoms with E-state index in [9.17, 15) is 13.2 Å². The number of rotatable bonds is 7. The summed E-state index contributed by atoms with van der Waals surface area (Å²) in [6.07, 6.45) is -3.74. The molecule has 1 atom stereocenters.